The highest BCUT2D eigenvalue weighted by Crippen LogP contribution is 2.38. The molecular formula is C70H78N2O18. The molecular weight excluding hydrogens is 1160 g/mol. The van der Waals surface area contributed by atoms with Crippen molar-refractivity contribution in [2.24, 2.45) is 0 Å². The first kappa shape index (κ1) is 69.1. The highest BCUT2D eigenvalue weighted by molar-refractivity contribution is 6.06. The Morgan fingerprint density at radius 1 is 0.478 bits per heavy atom. The molecule has 476 valence electrons. The number of unbranched alkanes of at least 4 members (excludes halogenated alkanes) is 11. The van der Waals surface area contributed by atoms with Gasteiger partial charge in [-0.25, -0.2) is 28.8 Å². The maximum absolute atomic E-state index is 13.8. The van der Waals surface area contributed by atoms with Gasteiger partial charge in [0.25, 0.3) is 0 Å². The van der Waals surface area contributed by atoms with Crippen LogP contribution < -0.4 is 38.9 Å². The molecule has 0 spiro atoms. The predicted octanol–water partition coefficient (Wildman–Crippen LogP) is 14.6. The van der Waals surface area contributed by atoms with Crippen LogP contribution in [-0.4, -0.2) is 86.5 Å². The lowest BCUT2D eigenvalue weighted by Gasteiger charge is -2.16. The van der Waals surface area contributed by atoms with Gasteiger partial charge in [0.1, 0.15) is 47.7 Å². The zero-order chi connectivity index (χ0) is 64.5. The Morgan fingerprint density at radius 3 is 1.42 bits per heavy atom. The summed E-state index contributed by atoms with van der Waals surface area (Å²) in [6.45, 7) is 12.0. The van der Waals surface area contributed by atoms with Crippen LogP contribution in [0.5, 0.6) is 40.2 Å². The van der Waals surface area contributed by atoms with Gasteiger partial charge in [-0.05, 0) is 154 Å². The van der Waals surface area contributed by atoms with Crippen molar-refractivity contribution in [2.75, 3.05) is 45.4 Å². The molecule has 0 radical (unpaired) electrons. The molecule has 20 heteroatoms. The van der Waals surface area contributed by atoms with E-state index in [1.54, 1.807) is 72.8 Å². The van der Waals surface area contributed by atoms with Gasteiger partial charge < -0.3 is 53.1 Å². The number of ether oxygens (including phenoxy) is 10. The number of nitro groups is 1. The average Bonchev–Trinajstić information content (AvgIpc) is 1.88. The van der Waals surface area contributed by atoms with E-state index in [1.165, 1.54) is 54.6 Å². The molecule has 2 N–H and O–H groups in total. The molecule has 0 unspecified atom stereocenters. The van der Waals surface area contributed by atoms with Crippen molar-refractivity contribution in [1.82, 2.24) is 0 Å². The summed E-state index contributed by atoms with van der Waals surface area (Å²) in [5.74, 6) is -2.10. The minimum Gasteiger partial charge on any atom is -0.494 e. The standard InChI is InChI=1S/C70H78N2O18/c1-5-8-9-16-21-49(4)87-64-48-62(71)60(47-63(64)72(79)80)50-22-24-51(25-23-50)67(75)88-56-35-31-55(32-36-56)83-44-45-86-69(77)61-46-52(68(76)89-57-33-27-53(28-34-57)81-40-17-12-10-14-19-42-84-65(73)6-2)26-39-59(61)70(78)90-58-37-29-54(30-38-58)82-41-18-13-11-15-20-43-85-66(74)7-3/h6-7,22-39,46-49H,2-3,5,8-21,40-45,71H2,1,4H3/t49-/m0/s1. The molecule has 1 atom stereocenters. The fourth-order valence-corrected chi connectivity index (χ4v) is 9.00. The summed E-state index contributed by atoms with van der Waals surface area (Å²) in [6.07, 6.45) is 15.7. The topological polar surface area (TPSA) is 264 Å². The van der Waals surface area contributed by atoms with Gasteiger partial charge in [0, 0.05) is 35.5 Å². The highest BCUT2D eigenvalue weighted by Gasteiger charge is 2.25. The van der Waals surface area contributed by atoms with Crippen LogP contribution in [0.2, 0.25) is 0 Å². The van der Waals surface area contributed by atoms with Crippen molar-refractivity contribution in [3.05, 3.63) is 185 Å². The number of benzene rings is 6. The number of nitrogens with zero attached hydrogens (tertiary/aromatic N) is 1. The van der Waals surface area contributed by atoms with Crippen molar-refractivity contribution in [2.45, 2.75) is 116 Å². The van der Waals surface area contributed by atoms with Gasteiger partial charge in [0.2, 0.25) is 0 Å². The maximum atomic E-state index is 13.8. The summed E-state index contributed by atoms with van der Waals surface area (Å²) in [5, 5.41) is 12.1. The van der Waals surface area contributed by atoms with E-state index in [4.69, 9.17) is 53.1 Å². The Hall–Kier alpha value is -9.98. The average molecular weight is 1240 g/mol. The van der Waals surface area contributed by atoms with Crippen molar-refractivity contribution in [1.29, 1.82) is 0 Å². The SMILES string of the molecule is C=CC(=O)OCCCCCCCOc1ccc(OC(=O)c2ccc(C(=O)Oc3ccc(OCCCCCCCOC(=O)C=C)cc3)c(C(=O)OCCOc3ccc(OC(=O)c4ccc(-c5cc([N+](=O)[O-])c(O[C@@H](C)CCCCCC)cc5N)cc4)cc3)c2)cc1. The number of hydrogen-bond donors (Lipinski definition) is 1. The number of nitrogen functional groups attached to an aromatic ring is 1. The number of esters is 6. The third kappa shape index (κ3) is 23.6. The van der Waals surface area contributed by atoms with E-state index < -0.39 is 40.7 Å². The minimum atomic E-state index is -0.961. The Balaban J connectivity index is 1.02. The summed E-state index contributed by atoms with van der Waals surface area (Å²) >= 11 is 0. The van der Waals surface area contributed by atoms with Gasteiger partial charge in [-0.2, -0.15) is 0 Å². The second-order valence-electron chi connectivity index (χ2n) is 20.8. The van der Waals surface area contributed by atoms with Gasteiger partial charge in [0.15, 0.2) is 5.75 Å². The van der Waals surface area contributed by atoms with E-state index in [0.717, 1.165) is 108 Å². The number of nitrogens with two attached hydrogens (primary N) is 1. The molecule has 0 amide bonds. The fourth-order valence-electron chi connectivity index (χ4n) is 9.00. The van der Waals surface area contributed by atoms with Gasteiger partial charge in [-0.3, -0.25) is 10.1 Å². The predicted molar refractivity (Wildman–Crippen MR) is 338 cm³/mol. The number of rotatable bonds is 40. The highest BCUT2D eigenvalue weighted by atomic mass is 16.6. The van der Waals surface area contributed by atoms with E-state index in [9.17, 15) is 38.9 Å². The molecule has 0 bridgehead atoms. The van der Waals surface area contributed by atoms with E-state index in [-0.39, 0.29) is 75.9 Å². The summed E-state index contributed by atoms with van der Waals surface area (Å²) in [4.78, 5) is 88.3. The maximum Gasteiger partial charge on any atom is 0.344 e. The molecule has 0 saturated heterocycles. The van der Waals surface area contributed by atoms with Crippen molar-refractivity contribution < 1.29 is 81.1 Å². The summed E-state index contributed by atoms with van der Waals surface area (Å²) in [6, 6.07) is 31.9. The molecule has 0 aliphatic rings. The Bertz CT molecular complexity index is 3330. The Labute approximate surface area is 524 Å². The molecule has 6 rings (SSSR count). The lowest BCUT2D eigenvalue weighted by molar-refractivity contribution is -0.386. The van der Waals surface area contributed by atoms with Crippen LogP contribution in [0.25, 0.3) is 11.1 Å². The number of carbonyl (C=O) groups excluding carboxylic acids is 6. The van der Waals surface area contributed by atoms with Crippen LogP contribution in [0.4, 0.5) is 11.4 Å². The smallest absolute Gasteiger partial charge is 0.344 e. The molecule has 90 heavy (non-hydrogen) atoms. The van der Waals surface area contributed by atoms with E-state index in [0.29, 0.717) is 54.8 Å². The molecule has 0 saturated carbocycles. The molecule has 20 nitrogen and oxygen atoms in total. The quantitative estimate of drug-likeness (QED) is 0.00547. The van der Waals surface area contributed by atoms with Gasteiger partial charge in [0.05, 0.1) is 59.7 Å². The molecule has 0 fully saturated rings. The fraction of sp³-hybridized carbons (Fsp3) is 0.343. The molecule has 0 aliphatic carbocycles. The second-order valence-corrected chi connectivity index (χ2v) is 20.8. The van der Waals surface area contributed by atoms with Crippen LogP contribution in [-0.2, 0) is 23.8 Å². The van der Waals surface area contributed by atoms with Crippen LogP contribution in [0.3, 0.4) is 0 Å². The van der Waals surface area contributed by atoms with Crippen molar-refractivity contribution in [3.63, 3.8) is 0 Å². The van der Waals surface area contributed by atoms with Crippen molar-refractivity contribution >= 4 is 47.2 Å². The minimum absolute atomic E-state index is 0.0640. The summed E-state index contributed by atoms with van der Waals surface area (Å²) in [5.41, 5.74) is 7.05. The Kier molecular flexibility index (Phi) is 28.9. The number of anilines is 1. The molecule has 6 aromatic carbocycles. The van der Waals surface area contributed by atoms with Crippen molar-refractivity contribution in [3.8, 4) is 51.4 Å². The lowest BCUT2D eigenvalue weighted by atomic mass is 10.0. The largest absolute Gasteiger partial charge is 0.494 e. The van der Waals surface area contributed by atoms with E-state index >= 15 is 0 Å². The summed E-state index contributed by atoms with van der Waals surface area (Å²) < 4.78 is 55.9. The van der Waals surface area contributed by atoms with Crippen LogP contribution in [0.1, 0.15) is 152 Å². The summed E-state index contributed by atoms with van der Waals surface area (Å²) in [7, 11) is 0. The lowest BCUT2D eigenvalue weighted by Crippen LogP contribution is -2.19. The zero-order valence-electron chi connectivity index (χ0n) is 51.0. The van der Waals surface area contributed by atoms with Crippen LogP contribution in [0, 0.1) is 10.1 Å². The number of hydrogen-bond acceptors (Lipinski definition) is 19. The third-order valence-corrected chi connectivity index (χ3v) is 13.9. The zero-order valence-corrected chi connectivity index (χ0v) is 51.0. The molecule has 6 aromatic rings. The second kappa shape index (κ2) is 37.7. The molecule has 0 heterocycles. The number of nitro benzene ring substituents is 1. The molecule has 0 aliphatic heterocycles. The van der Waals surface area contributed by atoms with Gasteiger partial charge >= 0.3 is 41.5 Å². The van der Waals surface area contributed by atoms with Crippen LogP contribution in [0.15, 0.2) is 153 Å². The van der Waals surface area contributed by atoms with Gasteiger partial charge in [-0.15, -0.1) is 0 Å². The van der Waals surface area contributed by atoms with Crippen LogP contribution >= 0.6 is 0 Å². The first-order valence-electron chi connectivity index (χ1n) is 30.2. The van der Waals surface area contributed by atoms with Gasteiger partial charge in [-0.1, -0.05) is 90.0 Å². The monoisotopic (exact) mass is 1230 g/mol. The number of carbonyl (C=O) groups is 6. The van der Waals surface area contributed by atoms with E-state index in [2.05, 4.69) is 20.1 Å². The Morgan fingerprint density at radius 2 is 0.922 bits per heavy atom. The van der Waals surface area contributed by atoms with E-state index in [1.807, 2.05) is 6.92 Å². The first-order valence-corrected chi connectivity index (χ1v) is 30.2. The first-order chi connectivity index (χ1) is 43.6. The normalized spacial score (nSPS) is 11.0. The third-order valence-electron chi connectivity index (χ3n) is 13.9. The molecule has 0 aromatic heterocycles.